The number of anilines is 1. The molecular formula is C16H23N3S. The van der Waals surface area contributed by atoms with E-state index in [9.17, 15) is 0 Å². The Hall–Kier alpha value is -1.18. The smallest absolute Gasteiger partial charge is 0.0638 e. The van der Waals surface area contributed by atoms with Crippen LogP contribution in [0.1, 0.15) is 26.2 Å². The Bertz CT molecular complexity index is 444. The Kier molecular flexibility index (Phi) is 5.75. The number of benzene rings is 1. The highest BCUT2D eigenvalue weighted by atomic mass is 32.2. The summed E-state index contributed by atoms with van der Waals surface area (Å²) in [5.41, 5.74) is 1.21. The first-order chi connectivity index (χ1) is 9.72. The van der Waals surface area contributed by atoms with E-state index in [2.05, 4.69) is 53.7 Å². The number of rotatable bonds is 5. The van der Waals surface area contributed by atoms with Crippen molar-refractivity contribution >= 4 is 17.4 Å². The Morgan fingerprint density at radius 2 is 2.00 bits per heavy atom. The van der Waals surface area contributed by atoms with Gasteiger partial charge in [0.25, 0.3) is 0 Å². The summed E-state index contributed by atoms with van der Waals surface area (Å²) < 4.78 is 0. The average Bonchev–Trinajstić information content (AvgIpc) is 2.49. The molecule has 1 aromatic rings. The van der Waals surface area contributed by atoms with Gasteiger partial charge in [0, 0.05) is 35.8 Å². The number of hydrogen-bond donors (Lipinski definition) is 1. The minimum atomic E-state index is 0.391. The predicted octanol–water partition coefficient (Wildman–Crippen LogP) is 3.59. The lowest BCUT2D eigenvalue weighted by molar-refractivity contribution is 0.169. The van der Waals surface area contributed by atoms with Crippen molar-refractivity contribution in [2.24, 2.45) is 0 Å². The quantitative estimate of drug-likeness (QED) is 0.841. The van der Waals surface area contributed by atoms with Crippen LogP contribution in [0.25, 0.3) is 0 Å². The van der Waals surface area contributed by atoms with Crippen molar-refractivity contribution in [1.29, 1.82) is 5.26 Å². The molecular weight excluding hydrogens is 266 g/mol. The molecule has 1 saturated heterocycles. The van der Waals surface area contributed by atoms with Crippen LogP contribution in [0.2, 0.25) is 0 Å². The van der Waals surface area contributed by atoms with Crippen LogP contribution in [0.5, 0.6) is 0 Å². The Morgan fingerprint density at radius 3 is 2.55 bits per heavy atom. The Morgan fingerprint density at radius 1 is 1.35 bits per heavy atom. The minimum Gasteiger partial charge on any atom is -0.382 e. The van der Waals surface area contributed by atoms with Crippen molar-refractivity contribution in [3.63, 3.8) is 0 Å². The van der Waals surface area contributed by atoms with Gasteiger partial charge in [0.15, 0.2) is 0 Å². The van der Waals surface area contributed by atoms with Gasteiger partial charge < -0.3 is 5.32 Å². The van der Waals surface area contributed by atoms with Crippen molar-refractivity contribution in [1.82, 2.24) is 4.90 Å². The zero-order chi connectivity index (χ0) is 14.4. The molecule has 1 N–H and O–H groups in total. The van der Waals surface area contributed by atoms with Crippen LogP contribution < -0.4 is 5.32 Å². The highest BCUT2D eigenvalue weighted by molar-refractivity contribution is 7.98. The number of thioether (sulfide) groups is 1. The van der Waals surface area contributed by atoms with Gasteiger partial charge in [0.2, 0.25) is 0 Å². The summed E-state index contributed by atoms with van der Waals surface area (Å²) in [5, 5.41) is 12.4. The molecule has 0 saturated carbocycles. The standard InChI is InChI=1S/C16H23N3S/c1-13(7-10-17)19-11-8-15(9-12-19)18-14-3-5-16(20-2)6-4-14/h3-6,13,15,18H,7-9,11-12H2,1-2H3. The van der Waals surface area contributed by atoms with Gasteiger partial charge in [-0.25, -0.2) is 0 Å². The van der Waals surface area contributed by atoms with Crippen LogP contribution in [-0.2, 0) is 0 Å². The monoisotopic (exact) mass is 289 g/mol. The molecule has 1 aliphatic heterocycles. The summed E-state index contributed by atoms with van der Waals surface area (Å²) in [6.45, 7) is 4.32. The number of nitrogens with zero attached hydrogens (tertiary/aromatic N) is 2. The lowest BCUT2D eigenvalue weighted by atomic mass is 10.0. The molecule has 20 heavy (non-hydrogen) atoms. The van der Waals surface area contributed by atoms with E-state index in [1.165, 1.54) is 10.6 Å². The van der Waals surface area contributed by atoms with Crippen molar-refractivity contribution in [3.8, 4) is 6.07 Å². The molecule has 1 atom stereocenters. The Labute approximate surface area is 126 Å². The fourth-order valence-electron chi connectivity index (χ4n) is 2.67. The van der Waals surface area contributed by atoms with E-state index < -0.39 is 0 Å². The molecule has 0 bridgehead atoms. The van der Waals surface area contributed by atoms with Crippen LogP contribution in [0.4, 0.5) is 5.69 Å². The molecule has 0 aromatic heterocycles. The SMILES string of the molecule is CSc1ccc(NC2CCN(C(C)CC#N)CC2)cc1. The number of piperidine rings is 1. The minimum absolute atomic E-state index is 0.391. The van der Waals surface area contributed by atoms with Crippen molar-refractivity contribution < 1.29 is 0 Å². The number of hydrogen-bond acceptors (Lipinski definition) is 4. The van der Waals surface area contributed by atoms with Crippen molar-refractivity contribution in [2.45, 2.75) is 43.2 Å². The third-order valence-electron chi connectivity index (χ3n) is 4.00. The predicted molar refractivity (Wildman–Crippen MR) is 86.1 cm³/mol. The highest BCUT2D eigenvalue weighted by Gasteiger charge is 2.22. The second kappa shape index (κ2) is 7.56. The molecule has 1 fully saturated rings. The number of likely N-dealkylation sites (tertiary alicyclic amines) is 1. The lowest BCUT2D eigenvalue weighted by Gasteiger charge is -2.35. The van der Waals surface area contributed by atoms with Gasteiger partial charge in [-0.05, 0) is 50.3 Å². The van der Waals surface area contributed by atoms with Gasteiger partial charge >= 0.3 is 0 Å². The molecule has 1 aromatic carbocycles. The normalized spacial score (nSPS) is 18.4. The van der Waals surface area contributed by atoms with Crippen LogP contribution in [0.3, 0.4) is 0 Å². The summed E-state index contributed by atoms with van der Waals surface area (Å²) in [6.07, 6.45) is 5.04. The van der Waals surface area contributed by atoms with E-state index in [-0.39, 0.29) is 0 Å². The maximum atomic E-state index is 8.77. The molecule has 108 valence electrons. The van der Waals surface area contributed by atoms with E-state index in [4.69, 9.17) is 5.26 Å². The summed E-state index contributed by atoms with van der Waals surface area (Å²) in [6, 6.07) is 11.9. The van der Waals surface area contributed by atoms with E-state index in [1.54, 1.807) is 11.8 Å². The van der Waals surface area contributed by atoms with Gasteiger partial charge in [-0.3, -0.25) is 4.90 Å². The van der Waals surface area contributed by atoms with Crippen LogP contribution in [-0.4, -0.2) is 36.3 Å². The van der Waals surface area contributed by atoms with Crippen molar-refractivity contribution in [3.05, 3.63) is 24.3 Å². The first kappa shape index (κ1) is 15.2. The zero-order valence-corrected chi connectivity index (χ0v) is 13.1. The van der Waals surface area contributed by atoms with Crippen LogP contribution >= 0.6 is 11.8 Å². The van der Waals surface area contributed by atoms with Crippen LogP contribution in [0, 0.1) is 11.3 Å². The second-order valence-electron chi connectivity index (χ2n) is 5.39. The second-order valence-corrected chi connectivity index (χ2v) is 6.27. The third kappa shape index (κ3) is 4.16. The largest absolute Gasteiger partial charge is 0.382 e. The fourth-order valence-corrected chi connectivity index (χ4v) is 3.08. The van der Waals surface area contributed by atoms with Gasteiger partial charge in [-0.1, -0.05) is 0 Å². The number of nitrogens with one attached hydrogen (secondary N) is 1. The van der Waals surface area contributed by atoms with Crippen LogP contribution in [0.15, 0.2) is 29.2 Å². The molecule has 0 amide bonds. The zero-order valence-electron chi connectivity index (χ0n) is 12.3. The maximum absolute atomic E-state index is 8.77. The fraction of sp³-hybridized carbons (Fsp3) is 0.562. The molecule has 2 rings (SSSR count). The summed E-state index contributed by atoms with van der Waals surface area (Å²) in [5.74, 6) is 0. The number of nitriles is 1. The van der Waals surface area contributed by atoms with Crippen molar-refractivity contribution in [2.75, 3.05) is 24.7 Å². The van der Waals surface area contributed by atoms with Gasteiger partial charge in [0.1, 0.15) is 0 Å². The first-order valence-corrected chi connectivity index (χ1v) is 8.47. The average molecular weight is 289 g/mol. The first-order valence-electron chi connectivity index (χ1n) is 7.24. The van der Waals surface area contributed by atoms with Gasteiger partial charge in [0.05, 0.1) is 12.5 Å². The summed E-state index contributed by atoms with van der Waals surface area (Å²) >= 11 is 1.77. The van der Waals surface area contributed by atoms with Gasteiger partial charge in [-0.15, -0.1) is 11.8 Å². The van der Waals surface area contributed by atoms with Gasteiger partial charge in [-0.2, -0.15) is 5.26 Å². The summed E-state index contributed by atoms with van der Waals surface area (Å²) in [4.78, 5) is 3.73. The van der Waals surface area contributed by atoms with E-state index in [1.807, 2.05) is 0 Å². The lowest BCUT2D eigenvalue weighted by Crippen LogP contribution is -2.43. The molecule has 1 heterocycles. The van der Waals surface area contributed by atoms with E-state index in [0.717, 1.165) is 25.9 Å². The Balaban J connectivity index is 1.80. The molecule has 4 heteroatoms. The molecule has 0 aliphatic carbocycles. The molecule has 1 unspecified atom stereocenters. The summed E-state index contributed by atoms with van der Waals surface area (Å²) in [7, 11) is 0. The highest BCUT2D eigenvalue weighted by Crippen LogP contribution is 2.21. The maximum Gasteiger partial charge on any atom is 0.0638 e. The van der Waals surface area contributed by atoms with E-state index in [0.29, 0.717) is 18.5 Å². The molecule has 0 spiro atoms. The molecule has 1 aliphatic rings. The third-order valence-corrected chi connectivity index (χ3v) is 4.74. The topological polar surface area (TPSA) is 39.1 Å². The van der Waals surface area contributed by atoms with E-state index >= 15 is 0 Å². The molecule has 3 nitrogen and oxygen atoms in total. The molecule has 0 radical (unpaired) electrons.